The average molecular weight is 334 g/mol. The van der Waals surface area contributed by atoms with Gasteiger partial charge in [0.15, 0.2) is 0 Å². The van der Waals surface area contributed by atoms with Gasteiger partial charge in [-0.2, -0.15) is 4.98 Å². The van der Waals surface area contributed by atoms with Gasteiger partial charge in [-0.25, -0.2) is 4.98 Å². The first kappa shape index (κ1) is 15.4. The second kappa shape index (κ2) is 6.05. The minimum absolute atomic E-state index is 0.0615. The highest BCUT2D eigenvalue weighted by molar-refractivity contribution is 5.85. The van der Waals surface area contributed by atoms with Crippen molar-refractivity contribution in [2.24, 2.45) is 0 Å². The van der Waals surface area contributed by atoms with Crippen molar-refractivity contribution >= 4 is 11.6 Å². The van der Waals surface area contributed by atoms with Crippen LogP contribution in [0.2, 0.25) is 0 Å². The number of aromatic nitrogens is 3. The maximum Gasteiger partial charge on any atom is 0.319 e. The number of ether oxygens (including phenoxy) is 1. The summed E-state index contributed by atoms with van der Waals surface area (Å²) in [5.74, 6) is 1.11. The van der Waals surface area contributed by atoms with Crippen molar-refractivity contribution in [1.29, 1.82) is 0 Å². The second-order valence-corrected chi connectivity index (χ2v) is 6.18. The first-order chi connectivity index (χ1) is 12.1. The highest BCUT2D eigenvalue weighted by Gasteiger charge is 2.19. The van der Waals surface area contributed by atoms with Crippen molar-refractivity contribution < 1.29 is 9.26 Å². The summed E-state index contributed by atoms with van der Waals surface area (Å²) in [4.78, 5) is 8.74. The molecular weight excluding hydrogens is 316 g/mol. The van der Waals surface area contributed by atoms with Crippen LogP contribution in [0.1, 0.15) is 30.7 Å². The maximum absolute atomic E-state index is 5.71. The molecule has 0 atom stereocenters. The van der Waals surface area contributed by atoms with Crippen molar-refractivity contribution in [2.45, 2.75) is 26.4 Å². The van der Waals surface area contributed by atoms with Crippen LogP contribution in [0.3, 0.4) is 0 Å². The van der Waals surface area contributed by atoms with Gasteiger partial charge in [0.25, 0.3) is 0 Å². The molecule has 1 aliphatic rings. The largest absolute Gasteiger partial charge is 0.475 e. The van der Waals surface area contributed by atoms with Gasteiger partial charge in [-0.05, 0) is 43.5 Å². The van der Waals surface area contributed by atoms with E-state index in [1.807, 2.05) is 38.1 Å². The van der Waals surface area contributed by atoms with Crippen LogP contribution in [0.5, 0.6) is 5.88 Å². The fourth-order valence-electron chi connectivity index (χ4n) is 2.93. The summed E-state index contributed by atoms with van der Waals surface area (Å²) in [6.07, 6.45) is 3.14. The first-order valence-corrected chi connectivity index (χ1v) is 8.17. The van der Waals surface area contributed by atoms with Gasteiger partial charge in [0.1, 0.15) is 0 Å². The van der Waals surface area contributed by atoms with Gasteiger partial charge in [0.05, 0.1) is 11.8 Å². The Morgan fingerprint density at radius 2 is 2.04 bits per heavy atom. The molecule has 0 saturated carbocycles. The molecule has 0 aliphatic heterocycles. The van der Waals surface area contributed by atoms with E-state index in [0.29, 0.717) is 11.7 Å². The number of nitrogens with two attached hydrogens (primary N) is 1. The number of fused-ring (bicyclic) bond motifs is 1. The second-order valence-electron chi connectivity index (χ2n) is 6.18. The van der Waals surface area contributed by atoms with Crippen LogP contribution in [0.4, 0.5) is 6.01 Å². The molecule has 25 heavy (non-hydrogen) atoms. The zero-order chi connectivity index (χ0) is 17.4. The number of rotatable bonds is 4. The van der Waals surface area contributed by atoms with Crippen molar-refractivity contribution in [2.75, 3.05) is 5.73 Å². The number of hydrogen-bond donors (Lipinski definition) is 1. The third-order valence-corrected chi connectivity index (χ3v) is 3.98. The Bertz CT molecular complexity index is 960. The summed E-state index contributed by atoms with van der Waals surface area (Å²) in [6.45, 7) is 3.97. The third-order valence-electron chi connectivity index (χ3n) is 3.98. The molecule has 0 spiro atoms. The van der Waals surface area contributed by atoms with Gasteiger partial charge in [-0.1, -0.05) is 29.4 Å². The van der Waals surface area contributed by atoms with Crippen molar-refractivity contribution in [3.8, 4) is 17.3 Å². The molecule has 6 nitrogen and oxygen atoms in total. The Hall–Kier alpha value is -3.15. The molecule has 0 fully saturated rings. The molecule has 1 aliphatic carbocycles. The van der Waals surface area contributed by atoms with Crippen molar-refractivity contribution in [3.05, 3.63) is 59.3 Å². The third kappa shape index (κ3) is 2.98. The van der Waals surface area contributed by atoms with E-state index in [4.69, 9.17) is 15.0 Å². The number of nitrogens with zero attached hydrogens (tertiary/aromatic N) is 3. The quantitative estimate of drug-likeness (QED) is 0.786. The lowest BCUT2D eigenvalue weighted by Crippen LogP contribution is -2.07. The summed E-state index contributed by atoms with van der Waals surface area (Å²) >= 11 is 0. The van der Waals surface area contributed by atoms with Crippen LogP contribution in [-0.4, -0.2) is 21.2 Å². The summed E-state index contributed by atoms with van der Waals surface area (Å²) in [7, 11) is 0. The highest BCUT2D eigenvalue weighted by atomic mass is 16.5. The fourth-order valence-corrected chi connectivity index (χ4v) is 2.93. The van der Waals surface area contributed by atoms with E-state index in [1.54, 1.807) is 0 Å². The maximum atomic E-state index is 5.71. The Morgan fingerprint density at radius 3 is 2.80 bits per heavy atom. The number of nitrogen functional groups attached to an aromatic ring is 1. The Labute approximate surface area is 145 Å². The molecule has 6 heteroatoms. The standard InChI is InChI=1S/C19H18N4O2/c1-11(2)24-17-5-3-4-16(21-17)14-9-8-12-6-7-13(10-15(12)14)18-22-19(20)25-23-18/h3-7,9-11H,8H2,1-2H3,(H2,20,22,23). The molecule has 0 bridgehead atoms. The topological polar surface area (TPSA) is 87.1 Å². The lowest BCUT2D eigenvalue weighted by Gasteiger charge is -2.11. The minimum Gasteiger partial charge on any atom is -0.475 e. The van der Waals surface area contributed by atoms with Crippen LogP contribution in [0, 0.1) is 0 Å². The molecule has 2 heterocycles. The normalized spacial score (nSPS) is 13.0. The molecular formula is C19H18N4O2. The van der Waals surface area contributed by atoms with Crippen LogP contribution in [0.15, 0.2) is 47.0 Å². The number of anilines is 1. The molecule has 0 saturated heterocycles. The van der Waals surface area contributed by atoms with Gasteiger partial charge < -0.3 is 15.0 Å². The Morgan fingerprint density at radius 1 is 1.16 bits per heavy atom. The smallest absolute Gasteiger partial charge is 0.319 e. The number of hydrogen-bond acceptors (Lipinski definition) is 6. The Balaban J connectivity index is 1.71. The minimum atomic E-state index is 0.0615. The van der Waals surface area contributed by atoms with Crippen LogP contribution in [-0.2, 0) is 6.42 Å². The fraction of sp³-hybridized carbons (Fsp3) is 0.211. The van der Waals surface area contributed by atoms with Gasteiger partial charge in [-0.3, -0.25) is 0 Å². The number of pyridine rings is 1. The van der Waals surface area contributed by atoms with Gasteiger partial charge in [-0.15, -0.1) is 0 Å². The molecule has 0 unspecified atom stereocenters. The van der Waals surface area contributed by atoms with E-state index in [0.717, 1.165) is 28.8 Å². The monoisotopic (exact) mass is 334 g/mol. The lowest BCUT2D eigenvalue weighted by molar-refractivity contribution is 0.232. The Kier molecular flexibility index (Phi) is 3.72. The molecule has 0 radical (unpaired) electrons. The van der Waals surface area contributed by atoms with Gasteiger partial charge in [0, 0.05) is 17.2 Å². The van der Waals surface area contributed by atoms with Crippen LogP contribution < -0.4 is 10.5 Å². The van der Waals surface area contributed by atoms with Gasteiger partial charge >= 0.3 is 6.01 Å². The molecule has 1 aromatic carbocycles. The highest BCUT2D eigenvalue weighted by Crippen LogP contribution is 2.35. The lowest BCUT2D eigenvalue weighted by atomic mass is 10.00. The van der Waals surface area contributed by atoms with Gasteiger partial charge in [0.2, 0.25) is 11.7 Å². The van der Waals surface area contributed by atoms with E-state index in [2.05, 4.69) is 33.3 Å². The van der Waals surface area contributed by atoms with Crippen molar-refractivity contribution in [1.82, 2.24) is 15.1 Å². The molecule has 4 rings (SSSR count). The zero-order valence-corrected chi connectivity index (χ0v) is 14.1. The van der Waals surface area contributed by atoms with E-state index in [9.17, 15) is 0 Å². The number of benzene rings is 1. The SMILES string of the molecule is CC(C)Oc1cccc(C2=CCc3ccc(-c4noc(N)n4)cc32)n1. The average Bonchev–Trinajstić information content (AvgIpc) is 3.20. The van der Waals surface area contributed by atoms with Crippen LogP contribution in [0.25, 0.3) is 17.0 Å². The molecule has 2 aromatic heterocycles. The molecule has 0 amide bonds. The van der Waals surface area contributed by atoms with Crippen LogP contribution >= 0.6 is 0 Å². The first-order valence-electron chi connectivity index (χ1n) is 8.17. The summed E-state index contributed by atoms with van der Waals surface area (Å²) in [5, 5.41) is 3.89. The zero-order valence-electron chi connectivity index (χ0n) is 14.1. The van der Waals surface area contributed by atoms with E-state index in [-0.39, 0.29) is 12.1 Å². The molecule has 2 N–H and O–H groups in total. The summed E-state index contributed by atoms with van der Waals surface area (Å²) < 4.78 is 10.6. The van der Waals surface area contributed by atoms with Crippen molar-refractivity contribution in [3.63, 3.8) is 0 Å². The summed E-state index contributed by atoms with van der Waals surface area (Å²) in [5.41, 5.74) is 10.7. The predicted molar refractivity (Wildman–Crippen MR) is 94.9 cm³/mol. The molecule has 3 aromatic rings. The van der Waals surface area contributed by atoms with E-state index in [1.165, 1.54) is 5.56 Å². The predicted octanol–water partition coefficient (Wildman–Crippen LogP) is 3.49. The van der Waals surface area contributed by atoms with E-state index < -0.39 is 0 Å². The molecule has 126 valence electrons. The number of allylic oxidation sites excluding steroid dienone is 1. The summed E-state index contributed by atoms with van der Waals surface area (Å²) in [6, 6.07) is 12.0. The van der Waals surface area contributed by atoms with E-state index >= 15 is 0 Å².